The van der Waals surface area contributed by atoms with Gasteiger partial charge in [-0.1, -0.05) is 13.3 Å². The minimum absolute atomic E-state index is 0.0561. The van der Waals surface area contributed by atoms with Gasteiger partial charge in [0.1, 0.15) is 11.5 Å². The third-order valence-electron chi connectivity index (χ3n) is 6.78. The second kappa shape index (κ2) is 10.3. The third kappa shape index (κ3) is 5.39. The standard InChI is InChI=1S/C26H32N6O3/c1-2-3-14-35-23(34)15-17-9-12-32(13-10-17)25-20-8-11-27-24(20)30-26(31-25)28-19-5-6-21-18(16-19)4-7-22(33)29-21/h5-6,8,11,16-17H,2-4,7,9-10,12-15H2,1H3,(H,29,33)(H2,27,28,30,31). The number of anilines is 4. The molecule has 35 heavy (non-hydrogen) atoms. The average Bonchev–Trinajstić information content (AvgIpc) is 3.33. The Morgan fingerprint density at radius 3 is 2.89 bits per heavy atom. The van der Waals surface area contributed by atoms with E-state index >= 15 is 0 Å². The number of rotatable bonds is 8. The van der Waals surface area contributed by atoms with E-state index in [1.54, 1.807) is 0 Å². The Labute approximate surface area is 204 Å². The molecule has 0 atom stereocenters. The molecule has 1 fully saturated rings. The molecule has 0 bridgehead atoms. The molecule has 0 spiro atoms. The van der Waals surface area contributed by atoms with Crippen LogP contribution in [0, 0.1) is 5.92 Å². The lowest BCUT2D eigenvalue weighted by atomic mass is 9.93. The number of fused-ring (bicyclic) bond motifs is 2. The van der Waals surface area contributed by atoms with Crippen LogP contribution in [0.15, 0.2) is 30.5 Å². The van der Waals surface area contributed by atoms with E-state index in [4.69, 9.17) is 9.72 Å². The third-order valence-corrected chi connectivity index (χ3v) is 6.78. The Morgan fingerprint density at radius 1 is 1.20 bits per heavy atom. The van der Waals surface area contributed by atoms with Crippen LogP contribution in [0.3, 0.4) is 0 Å². The summed E-state index contributed by atoms with van der Waals surface area (Å²) in [6.07, 6.45) is 7.40. The molecule has 3 N–H and O–H groups in total. The van der Waals surface area contributed by atoms with Crippen LogP contribution in [0.5, 0.6) is 0 Å². The van der Waals surface area contributed by atoms with Gasteiger partial charge in [0.2, 0.25) is 11.9 Å². The first kappa shape index (κ1) is 23.1. The number of nitrogens with zero attached hydrogens (tertiary/aromatic N) is 3. The highest BCUT2D eigenvalue weighted by Crippen LogP contribution is 2.31. The summed E-state index contributed by atoms with van der Waals surface area (Å²) in [7, 11) is 0. The number of aromatic nitrogens is 3. The van der Waals surface area contributed by atoms with Crippen molar-refractivity contribution in [1.29, 1.82) is 0 Å². The number of carbonyl (C=O) groups excluding carboxylic acids is 2. The van der Waals surface area contributed by atoms with Crippen LogP contribution in [0.1, 0.15) is 51.0 Å². The lowest BCUT2D eigenvalue weighted by molar-refractivity contribution is -0.145. The molecule has 1 amide bonds. The Bertz CT molecular complexity index is 1220. The fourth-order valence-corrected chi connectivity index (χ4v) is 4.79. The topological polar surface area (TPSA) is 112 Å². The summed E-state index contributed by atoms with van der Waals surface area (Å²) in [6.45, 7) is 4.28. The van der Waals surface area contributed by atoms with Crippen molar-refractivity contribution < 1.29 is 14.3 Å². The maximum Gasteiger partial charge on any atom is 0.306 e. The van der Waals surface area contributed by atoms with Crippen molar-refractivity contribution in [3.05, 3.63) is 36.0 Å². The second-order valence-corrected chi connectivity index (χ2v) is 9.36. The van der Waals surface area contributed by atoms with Gasteiger partial charge in [0.05, 0.1) is 12.0 Å². The first-order chi connectivity index (χ1) is 17.1. The lowest BCUT2D eigenvalue weighted by Gasteiger charge is -2.33. The van der Waals surface area contributed by atoms with Crippen LogP contribution in [0.2, 0.25) is 0 Å². The minimum atomic E-state index is -0.0805. The maximum absolute atomic E-state index is 12.1. The molecule has 2 aliphatic heterocycles. The molecule has 2 aliphatic rings. The Balaban J connectivity index is 1.27. The number of carbonyl (C=O) groups is 2. The molecule has 9 heteroatoms. The molecule has 2 aromatic heterocycles. The molecule has 9 nitrogen and oxygen atoms in total. The monoisotopic (exact) mass is 476 g/mol. The zero-order chi connectivity index (χ0) is 24.2. The van der Waals surface area contributed by atoms with E-state index in [9.17, 15) is 9.59 Å². The molecule has 4 heterocycles. The van der Waals surface area contributed by atoms with Gasteiger partial charge in [-0.15, -0.1) is 0 Å². The highest BCUT2D eigenvalue weighted by Gasteiger charge is 2.25. The summed E-state index contributed by atoms with van der Waals surface area (Å²) in [5, 5.41) is 7.24. The number of H-pyrrole nitrogens is 1. The van der Waals surface area contributed by atoms with E-state index in [2.05, 4.69) is 32.4 Å². The molecular weight excluding hydrogens is 444 g/mol. The maximum atomic E-state index is 12.1. The Hall–Kier alpha value is -3.62. The number of aryl methyl sites for hydroxylation is 1. The van der Waals surface area contributed by atoms with Gasteiger partial charge in [-0.2, -0.15) is 9.97 Å². The van der Waals surface area contributed by atoms with Gasteiger partial charge in [0.25, 0.3) is 0 Å². The molecule has 0 aliphatic carbocycles. The highest BCUT2D eigenvalue weighted by atomic mass is 16.5. The number of piperidine rings is 1. The van der Waals surface area contributed by atoms with E-state index in [0.29, 0.717) is 31.3 Å². The lowest BCUT2D eigenvalue weighted by Crippen LogP contribution is -2.35. The molecule has 1 saturated heterocycles. The quantitative estimate of drug-likeness (QED) is 0.323. The molecule has 1 aromatic carbocycles. The molecule has 0 saturated carbocycles. The Morgan fingerprint density at radius 2 is 2.06 bits per heavy atom. The number of amides is 1. The largest absolute Gasteiger partial charge is 0.466 e. The van der Waals surface area contributed by atoms with E-state index in [1.807, 2.05) is 30.5 Å². The smallest absolute Gasteiger partial charge is 0.306 e. The summed E-state index contributed by atoms with van der Waals surface area (Å²) in [4.78, 5) is 38.8. The summed E-state index contributed by atoms with van der Waals surface area (Å²) >= 11 is 0. The van der Waals surface area contributed by atoms with Gasteiger partial charge in [0.15, 0.2) is 0 Å². The number of aromatic amines is 1. The van der Waals surface area contributed by atoms with Crippen molar-refractivity contribution in [2.45, 2.75) is 51.9 Å². The van der Waals surface area contributed by atoms with E-state index in [0.717, 1.165) is 79.0 Å². The predicted molar refractivity (Wildman–Crippen MR) is 136 cm³/mol. The van der Waals surface area contributed by atoms with Gasteiger partial charge in [-0.25, -0.2) is 0 Å². The molecular formula is C26H32N6O3. The summed E-state index contributed by atoms with van der Waals surface area (Å²) in [5.74, 6) is 1.74. The van der Waals surface area contributed by atoms with Gasteiger partial charge in [-0.05, 0) is 61.4 Å². The minimum Gasteiger partial charge on any atom is -0.466 e. The van der Waals surface area contributed by atoms with Gasteiger partial charge < -0.3 is 25.3 Å². The number of hydrogen-bond acceptors (Lipinski definition) is 7. The molecule has 5 rings (SSSR count). The fraction of sp³-hybridized carbons (Fsp3) is 0.462. The summed E-state index contributed by atoms with van der Waals surface area (Å²) in [6, 6.07) is 7.90. The van der Waals surface area contributed by atoms with Crippen molar-refractivity contribution in [1.82, 2.24) is 15.0 Å². The van der Waals surface area contributed by atoms with Crippen LogP contribution in [0.4, 0.5) is 23.1 Å². The van der Waals surface area contributed by atoms with E-state index < -0.39 is 0 Å². The first-order valence-corrected chi connectivity index (χ1v) is 12.5. The fourth-order valence-electron chi connectivity index (χ4n) is 4.79. The zero-order valence-corrected chi connectivity index (χ0v) is 20.1. The van der Waals surface area contributed by atoms with Crippen LogP contribution in [0.25, 0.3) is 11.0 Å². The molecule has 184 valence electrons. The summed E-state index contributed by atoms with van der Waals surface area (Å²) in [5.41, 5.74) is 3.64. The van der Waals surface area contributed by atoms with E-state index in [-0.39, 0.29) is 11.9 Å². The predicted octanol–water partition coefficient (Wildman–Crippen LogP) is 4.54. The number of esters is 1. The van der Waals surface area contributed by atoms with Crippen molar-refractivity contribution in [2.24, 2.45) is 5.92 Å². The number of benzene rings is 1. The van der Waals surface area contributed by atoms with Crippen LogP contribution in [-0.4, -0.2) is 46.5 Å². The van der Waals surface area contributed by atoms with Gasteiger partial charge in [-0.3, -0.25) is 9.59 Å². The van der Waals surface area contributed by atoms with Crippen molar-refractivity contribution >= 4 is 46.1 Å². The number of ether oxygens (including phenoxy) is 1. The molecule has 0 unspecified atom stereocenters. The normalized spacial score (nSPS) is 16.1. The van der Waals surface area contributed by atoms with Gasteiger partial charge in [0, 0.05) is 43.5 Å². The number of nitrogens with one attached hydrogen (secondary N) is 3. The van der Waals surface area contributed by atoms with E-state index in [1.165, 1.54) is 0 Å². The number of hydrogen-bond donors (Lipinski definition) is 3. The Kier molecular flexibility index (Phi) is 6.83. The molecule has 0 radical (unpaired) electrons. The van der Waals surface area contributed by atoms with Crippen molar-refractivity contribution in [3.63, 3.8) is 0 Å². The number of unbranched alkanes of at least 4 members (excludes halogenated alkanes) is 1. The average molecular weight is 477 g/mol. The van der Waals surface area contributed by atoms with Crippen molar-refractivity contribution in [3.8, 4) is 0 Å². The van der Waals surface area contributed by atoms with Crippen LogP contribution < -0.4 is 15.5 Å². The highest BCUT2D eigenvalue weighted by molar-refractivity contribution is 5.94. The van der Waals surface area contributed by atoms with Crippen LogP contribution >= 0.6 is 0 Å². The van der Waals surface area contributed by atoms with Crippen LogP contribution in [-0.2, 0) is 20.7 Å². The zero-order valence-electron chi connectivity index (χ0n) is 20.1. The summed E-state index contributed by atoms with van der Waals surface area (Å²) < 4.78 is 5.35. The van der Waals surface area contributed by atoms with Crippen molar-refractivity contribution in [2.75, 3.05) is 35.2 Å². The first-order valence-electron chi connectivity index (χ1n) is 12.5. The van der Waals surface area contributed by atoms with Gasteiger partial charge >= 0.3 is 5.97 Å². The second-order valence-electron chi connectivity index (χ2n) is 9.36. The molecule has 3 aromatic rings. The SMILES string of the molecule is CCCCOC(=O)CC1CCN(c2nc(Nc3ccc4c(c3)CCC(=O)N4)nc3[nH]ccc23)CC1.